The van der Waals surface area contributed by atoms with E-state index in [4.69, 9.17) is 5.41 Å². The zero-order valence-electron chi connectivity index (χ0n) is 7.66. The van der Waals surface area contributed by atoms with E-state index in [1.807, 2.05) is 30.3 Å². The van der Waals surface area contributed by atoms with Gasteiger partial charge in [-0.15, -0.1) is 0 Å². The lowest BCUT2D eigenvalue weighted by molar-refractivity contribution is -0.118. The van der Waals surface area contributed by atoms with Crippen LogP contribution in [0.25, 0.3) is 0 Å². The minimum Gasteiger partial charge on any atom is -0.312 e. The molecular weight excluding hydrogens is 162 g/mol. The van der Waals surface area contributed by atoms with E-state index < -0.39 is 0 Å². The highest BCUT2D eigenvalue weighted by molar-refractivity contribution is 5.92. The molecule has 0 radical (unpaired) electrons. The monoisotopic (exact) mass is 175 g/mol. The summed E-state index contributed by atoms with van der Waals surface area (Å²) in [6.45, 7) is 1.53. The number of benzene rings is 1. The summed E-state index contributed by atoms with van der Waals surface area (Å²) < 4.78 is 0. The summed E-state index contributed by atoms with van der Waals surface area (Å²) in [4.78, 5) is 11.0. The molecule has 0 unspecified atom stereocenters. The minimum absolute atomic E-state index is 0.0545. The second-order valence-electron chi connectivity index (χ2n) is 3.07. The molecule has 1 aromatic carbocycles. The van der Waals surface area contributed by atoms with E-state index in [1.165, 1.54) is 13.1 Å². The van der Waals surface area contributed by atoms with E-state index in [0.29, 0.717) is 6.42 Å². The van der Waals surface area contributed by atoms with E-state index in [-0.39, 0.29) is 11.7 Å². The lowest BCUT2D eigenvalue weighted by Crippen LogP contribution is -2.14. The standard InChI is InChI=1S/C11H13NO/c1-9(13)11(8-12)7-10-5-3-2-4-6-10/h2-6,8,11-12H,7H2,1H3/t11-/m0/s1. The lowest BCUT2D eigenvalue weighted by Gasteiger charge is -2.06. The van der Waals surface area contributed by atoms with Gasteiger partial charge in [0.2, 0.25) is 0 Å². The van der Waals surface area contributed by atoms with Crippen molar-refractivity contribution in [3.05, 3.63) is 35.9 Å². The van der Waals surface area contributed by atoms with Crippen LogP contribution in [0.5, 0.6) is 0 Å². The van der Waals surface area contributed by atoms with Gasteiger partial charge in [0.15, 0.2) is 0 Å². The number of nitrogens with one attached hydrogen (secondary N) is 1. The maximum absolute atomic E-state index is 11.0. The average molecular weight is 175 g/mol. The van der Waals surface area contributed by atoms with Crippen molar-refractivity contribution >= 4 is 12.0 Å². The highest BCUT2D eigenvalue weighted by atomic mass is 16.1. The second kappa shape index (κ2) is 4.55. The number of ketones is 1. The minimum atomic E-state index is -0.262. The molecule has 0 amide bonds. The number of rotatable bonds is 4. The molecule has 0 heterocycles. The van der Waals surface area contributed by atoms with Crippen molar-refractivity contribution in [1.29, 1.82) is 5.41 Å². The maximum Gasteiger partial charge on any atom is 0.138 e. The van der Waals surface area contributed by atoms with Gasteiger partial charge in [-0.25, -0.2) is 0 Å². The normalized spacial score (nSPS) is 12.1. The van der Waals surface area contributed by atoms with E-state index >= 15 is 0 Å². The molecule has 68 valence electrons. The van der Waals surface area contributed by atoms with Gasteiger partial charge in [0.05, 0.1) is 5.92 Å². The molecule has 0 aliphatic carbocycles. The molecular formula is C11H13NO. The molecule has 2 heteroatoms. The molecule has 0 aliphatic heterocycles. The molecule has 13 heavy (non-hydrogen) atoms. The van der Waals surface area contributed by atoms with Gasteiger partial charge in [0, 0.05) is 6.21 Å². The smallest absolute Gasteiger partial charge is 0.138 e. The quantitative estimate of drug-likeness (QED) is 0.699. The van der Waals surface area contributed by atoms with Gasteiger partial charge in [-0.2, -0.15) is 0 Å². The molecule has 0 spiro atoms. The molecule has 1 rings (SSSR count). The molecule has 1 N–H and O–H groups in total. The van der Waals surface area contributed by atoms with Crippen molar-refractivity contribution in [2.45, 2.75) is 13.3 Å². The largest absolute Gasteiger partial charge is 0.312 e. The van der Waals surface area contributed by atoms with Crippen LogP contribution >= 0.6 is 0 Å². The Morgan fingerprint density at radius 2 is 2.08 bits per heavy atom. The Labute approximate surface area is 78.1 Å². The summed E-state index contributed by atoms with van der Waals surface area (Å²) in [7, 11) is 0. The molecule has 0 aliphatic rings. The van der Waals surface area contributed by atoms with Crippen molar-refractivity contribution in [2.24, 2.45) is 5.92 Å². The molecule has 0 saturated heterocycles. The predicted molar refractivity (Wildman–Crippen MR) is 53.1 cm³/mol. The Hall–Kier alpha value is -1.44. The first-order valence-corrected chi connectivity index (χ1v) is 4.29. The number of carbonyl (C=O) groups is 1. The number of hydrogen-bond donors (Lipinski definition) is 1. The molecule has 2 nitrogen and oxygen atoms in total. The number of hydrogen-bond acceptors (Lipinski definition) is 2. The van der Waals surface area contributed by atoms with Crippen molar-refractivity contribution in [3.8, 4) is 0 Å². The third-order valence-electron chi connectivity index (χ3n) is 2.02. The fourth-order valence-corrected chi connectivity index (χ4v) is 1.19. The molecule has 1 atom stereocenters. The Balaban J connectivity index is 2.67. The van der Waals surface area contributed by atoms with Crippen molar-refractivity contribution < 1.29 is 4.79 Å². The van der Waals surface area contributed by atoms with Crippen molar-refractivity contribution in [1.82, 2.24) is 0 Å². The first-order chi connectivity index (χ1) is 6.24. The van der Waals surface area contributed by atoms with E-state index in [9.17, 15) is 4.79 Å². The van der Waals surface area contributed by atoms with Gasteiger partial charge >= 0.3 is 0 Å². The van der Waals surface area contributed by atoms with Crippen LogP contribution < -0.4 is 0 Å². The van der Waals surface area contributed by atoms with Crippen LogP contribution in [0.15, 0.2) is 30.3 Å². The Morgan fingerprint density at radius 1 is 1.46 bits per heavy atom. The van der Waals surface area contributed by atoms with Crippen molar-refractivity contribution in [3.63, 3.8) is 0 Å². The Kier molecular flexibility index (Phi) is 3.38. The topological polar surface area (TPSA) is 40.9 Å². The molecule has 0 bridgehead atoms. The lowest BCUT2D eigenvalue weighted by atomic mass is 9.97. The average Bonchev–Trinajstić information content (AvgIpc) is 2.15. The second-order valence-corrected chi connectivity index (χ2v) is 3.07. The van der Waals surface area contributed by atoms with Crippen molar-refractivity contribution in [2.75, 3.05) is 0 Å². The Bertz CT molecular complexity index is 292. The SMILES string of the molecule is CC(=O)[C@H](C=N)Cc1ccccc1. The van der Waals surface area contributed by atoms with Crippen LogP contribution in [0.4, 0.5) is 0 Å². The zero-order chi connectivity index (χ0) is 9.68. The summed E-state index contributed by atoms with van der Waals surface area (Å²) in [5.74, 6) is -0.207. The van der Waals surface area contributed by atoms with E-state index in [2.05, 4.69) is 0 Å². The zero-order valence-corrected chi connectivity index (χ0v) is 7.66. The third kappa shape index (κ3) is 2.82. The maximum atomic E-state index is 11.0. The van der Waals surface area contributed by atoms with Gasteiger partial charge in [0.1, 0.15) is 5.78 Å². The summed E-state index contributed by atoms with van der Waals surface area (Å²) in [6, 6.07) is 9.77. The van der Waals surface area contributed by atoms with Crippen LogP contribution in [-0.4, -0.2) is 12.0 Å². The highest BCUT2D eigenvalue weighted by Gasteiger charge is 2.10. The number of Topliss-reactive ketones (excluding diaryl/α,β-unsaturated/α-hetero) is 1. The highest BCUT2D eigenvalue weighted by Crippen LogP contribution is 2.07. The van der Waals surface area contributed by atoms with Gasteiger partial charge < -0.3 is 5.41 Å². The third-order valence-corrected chi connectivity index (χ3v) is 2.02. The molecule has 0 aromatic heterocycles. The molecule has 0 fully saturated rings. The van der Waals surface area contributed by atoms with Gasteiger partial charge in [0.25, 0.3) is 0 Å². The molecule has 1 aromatic rings. The van der Waals surface area contributed by atoms with Gasteiger partial charge in [-0.3, -0.25) is 4.79 Å². The summed E-state index contributed by atoms with van der Waals surface area (Å²) >= 11 is 0. The first kappa shape index (κ1) is 9.65. The number of carbonyl (C=O) groups excluding carboxylic acids is 1. The first-order valence-electron chi connectivity index (χ1n) is 4.29. The molecule has 0 saturated carbocycles. The van der Waals surface area contributed by atoms with Gasteiger partial charge in [-0.05, 0) is 18.9 Å². The van der Waals surface area contributed by atoms with Gasteiger partial charge in [-0.1, -0.05) is 30.3 Å². The van der Waals surface area contributed by atoms with E-state index in [1.54, 1.807) is 0 Å². The van der Waals surface area contributed by atoms with Crippen LogP contribution in [0.1, 0.15) is 12.5 Å². The summed E-state index contributed by atoms with van der Waals surface area (Å²) in [5, 5.41) is 7.09. The Morgan fingerprint density at radius 3 is 2.54 bits per heavy atom. The fraction of sp³-hybridized carbons (Fsp3) is 0.273. The van der Waals surface area contributed by atoms with E-state index in [0.717, 1.165) is 5.56 Å². The fourth-order valence-electron chi connectivity index (χ4n) is 1.19. The van der Waals surface area contributed by atoms with Crippen LogP contribution in [0.3, 0.4) is 0 Å². The summed E-state index contributed by atoms with van der Waals surface area (Å²) in [6.07, 6.45) is 1.86. The summed E-state index contributed by atoms with van der Waals surface area (Å²) in [5.41, 5.74) is 1.10. The van der Waals surface area contributed by atoms with Crippen LogP contribution in [0, 0.1) is 11.3 Å². The van der Waals surface area contributed by atoms with Crippen LogP contribution in [0.2, 0.25) is 0 Å². The predicted octanol–water partition coefficient (Wildman–Crippen LogP) is 2.08. The van der Waals surface area contributed by atoms with Crippen LogP contribution in [-0.2, 0) is 11.2 Å².